The number of rotatable bonds is 6. The third kappa shape index (κ3) is 4.90. The summed E-state index contributed by atoms with van der Waals surface area (Å²) in [4.78, 5) is 11.0. The van der Waals surface area contributed by atoms with Gasteiger partial charge >= 0.3 is 0 Å². The second kappa shape index (κ2) is 6.84. The number of hydrogen-bond acceptors (Lipinski definition) is 2. The number of ketones is 1. The Bertz CT molecular complexity index is 169. The maximum absolute atomic E-state index is 11.0. The molecule has 0 unspecified atom stereocenters. The van der Waals surface area contributed by atoms with Crippen LogP contribution in [0.3, 0.4) is 0 Å². The van der Waals surface area contributed by atoms with Crippen molar-refractivity contribution in [1.29, 1.82) is 5.26 Å². The van der Waals surface area contributed by atoms with Crippen molar-refractivity contribution in [2.24, 2.45) is 5.92 Å². The minimum Gasteiger partial charge on any atom is -0.300 e. The second-order valence-electron chi connectivity index (χ2n) is 3.06. The van der Waals surface area contributed by atoms with Crippen LogP contribution < -0.4 is 0 Å². The summed E-state index contributed by atoms with van der Waals surface area (Å²) < 4.78 is 0. The molecule has 0 aromatic carbocycles. The molecule has 2 heteroatoms. The molecular formula is C10H17NO. The largest absolute Gasteiger partial charge is 0.300 e. The van der Waals surface area contributed by atoms with E-state index in [-0.39, 0.29) is 11.7 Å². The molecule has 0 bridgehead atoms. The third-order valence-corrected chi connectivity index (χ3v) is 1.96. The third-order valence-electron chi connectivity index (χ3n) is 1.96. The maximum Gasteiger partial charge on any atom is 0.133 e. The fraction of sp³-hybridized carbons (Fsp3) is 0.800. The van der Waals surface area contributed by atoms with Crippen LogP contribution in [0, 0.1) is 17.2 Å². The van der Waals surface area contributed by atoms with E-state index in [1.54, 1.807) is 0 Å². The van der Waals surface area contributed by atoms with E-state index in [2.05, 4.69) is 13.0 Å². The maximum atomic E-state index is 11.0. The summed E-state index contributed by atoms with van der Waals surface area (Å²) in [7, 11) is 0. The van der Waals surface area contributed by atoms with Crippen molar-refractivity contribution in [2.75, 3.05) is 0 Å². The lowest BCUT2D eigenvalue weighted by atomic mass is 9.97. The number of Topliss-reactive ketones (excluding diaryl/α,β-unsaturated/α-hetero) is 1. The highest BCUT2D eigenvalue weighted by Crippen LogP contribution is 2.12. The van der Waals surface area contributed by atoms with Crippen molar-refractivity contribution in [3.63, 3.8) is 0 Å². The molecule has 0 aromatic rings. The zero-order valence-electron chi connectivity index (χ0n) is 7.97. The molecule has 0 amide bonds. The fourth-order valence-corrected chi connectivity index (χ4v) is 1.08. The van der Waals surface area contributed by atoms with Crippen molar-refractivity contribution in [3.8, 4) is 6.07 Å². The summed E-state index contributed by atoms with van der Waals surface area (Å²) in [6.07, 6.45) is 4.03. The van der Waals surface area contributed by atoms with Gasteiger partial charge in [-0.1, -0.05) is 26.7 Å². The fourth-order valence-electron chi connectivity index (χ4n) is 1.08. The van der Waals surface area contributed by atoms with Gasteiger partial charge in [0.25, 0.3) is 0 Å². The van der Waals surface area contributed by atoms with Crippen LogP contribution in [0.2, 0.25) is 0 Å². The summed E-state index contributed by atoms with van der Waals surface area (Å²) in [6, 6.07) is 2.18. The van der Waals surface area contributed by atoms with E-state index >= 15 is 0 Å². The summed E-state index contributed by atoms with van der Waals surface area (Å²) in [5.41, 5.74) is 0. The minimum atomic E-state index is -0.0441. The molecule has 68 valence electrons. The van der Waals surface area contributed by atoms with E-state index in [0.717, 1.165) is 19.3 Å². The smallest absolute Gasteiger partial charge is 0.133 e. The zero-order chi connectivity index (χ0) is 9.40. The molecule has 0 fully saturated rings. The summed E-state index contributed by atoms with van der Waals surface area (Å²) in [5, 5.41) is 8.69. The SMILES string of the molecule is CCCC[C@H](C#N)CC(=O)CC. The average Bonchev–Trinajstić information content (AvgIpc) is 2.11. The van der Waals surface area contributed by atoms with Gasteiger partial charge in [-0.3, -0.25) is 4.79 Å². The molecule has 12 heavy (non-hydrogen) atoms. The Morgan fingerprint density at radius 2 is 2.17 bits per heavy atom. The van der Waals surface area contributed by atoms with Crippen LogP contribution in [-0.2, 0) is 4.79 Å². The van der Waals surface area contributed by atoms with Gasteiger partial charge in [0.2, 0.25) is 0 Å². The quantitative estimate of drug-likeness (QED) is 0.610. The van der Waals surface area contributed by atoms with E-state index in [1.807, 2.05) is 6.92 Å². The van der Waals surface area contributed by atoms with Crippen molar-refractivity contribution in [2.45, 2.75) is 46.0 Å². The Labute approximate surface area is 74.6 Å². The molecule has 0 aromatic heterocycles. The molecule has 0 saturated carbocycles. The van der Waals surface area contributed by atoms with Gasteiger partial charge in [-0.2, -0.15) is 5.26 Å². The predicted molar refractivity (Wildman–Crippen MR) is 48.5 cm³/mol. The molecule has 0 radical (unpaired) electrons. The molecule has 0 aliphatic rings. The van der Waals surface area contributed by atoms with E-state index in [4.69, 9.17) is 5.26 Å². The first-order valence-electron chi connectivity index (χ1n) is 4.65. The minimum absolute atomic E-state index is 0.0441. The number of nitriles is 1. The number of carbonyl (C=O) groups excluding carboxylic acids is 1. The molecule has 0 rings (SSSR count). The van der Waals surface area contributed by atoms with Gasteiger partial charge in [-0.15, -0.1) is 0 Å². The van der Waals surface area contributed by atoms with Crippen LogP contribution in [0.15, 0.2) is 0 Å². The van der Waals surface area contributed by atoms with Crippen LogP contribution in [0.4, 0.5) is 0 Å². The molecule has 0 N–H and O–H groups in total. The molecule has 0 spiro atoms. The number of carbonyl (C=O) groups is 1. The van der Waals surface area contributed by atoms with E-state index in [0.29, 0.717) is 12.8 Å². The molecule has 0 heterocycles. The van der Waals surface area contributed by atoms with Gasteiger partial charge in [0.05, 0.1) is 12.0 Å². The normalized spacial score (nSPS) is 12.1. The standard InChI is InChI=1S/C10H17NO/c1-3-5-6-9(8-11)7-10(12)4-2/h9H,3-7H2,1-2H3/t9-/m0/s1. The molecule has 1 atom stereocenters. The molecular weight excluding hydrogens is 150 g/mol. The van der Waals surface area contributed by atoms with E-state index < -0.39 is 0 Å². The highest BCUT2D eigenvalue weighted by Gasteiger charge is 2.10. The van der Waals surface area contributed by atoms with Crippen molar-refractivity contribution in [3.05, 3.63) is 0 Å². The predicted octanol–water partition coefficient (Wildman–Crippen LogP) is 2.69. The van der Waals surface area contributed by atoms with Crippen LogP contribution in [-0.4, -0.2) is 5.78 Å². The lowest BCUT2D eigenvalue weighted by Crippen LogP contribution is -2.05. The molecule has 0 aliphatic heterocycles. The highest BCUT2D eigenvalue weighted by molar-refractivity contribution is 5.78. The Balaban J connectivity index is 3.69. The zero-order valence-corrected chi connectivity index (χ0v) is 7.97. The van der Waals surface area contributed by atoms with Crippen LogP contribution in [0.5, 0.6) is 0 Å². The Morgan fingerprint density at radius 3 is 2.58 bits per heavy atom. The van der Waals surface area contributed by atoms with Crippen LogP contribution in [0.25, 0.3) is 0 Å². The Hall–Kier alpha value is -0.840. The van der Waals surface area contributed by atoms with E-state index in [9.17, 15) is 4.79 Å². The number of nitrogens with zero attached hydrogens (tertiary/aromatic N) is 1. The topological polar surface area (TPSA) is 40.9 Å². The summed E-state index contributed by atoms with van der Waals surface area (Å²) >= 11 is 0. The van der Waals surface area contributed by atoms with E-state index in [1.165, 1.54) is 0 Å². The van der Waals surface area contributed by atoms with Gasteiger partial charge in [0, 0.05) is 12.8 Å². The molecule has 2 nitrogen and oxygen atoms in total. The molecule has 0 saturated heterocycles. The highest BCUT2D eigenvalue weighted by atomic mass is 16.1. The van der Waals surface area contributed by atoms with Crippen molar-refractivity contribution < 1.29 is 4.79 Å². The van der Waals surface area contributed by atoms with Crippen molar-refractivity contribution in [1.82, 2.24) is 0 Å². The lowest BCUT2D eigenvalue weighted by Gasteiger charge is -2.05. The van der Waals surface area contributed by atoms with Gasteiger partial charge in [0.1, 0.15) is 5.78 Å². The Morgan fingerprint density at radius 1 is 1.50 bits per heavy atom. The first-order valence-corrected chi connectivity index (χ1v) is 4.65. The first kappa shape index (κ1) is 11.2. The van der Waals surface area contributed by atoms with Crippen molar-refractivity contribution >= 4 is 5.78 Å². The van der Waals surface area contributed by atoms with Gasteiger partial charge < -0.3 is 0 Å². The van der Waals surface area contributed by atoms with Gasteiger partial charge in [0.15, 0.2) is 0 Å². The van der Waals surface area contributed by atoms with Crippen LogP contribution in [0.1, 0.15) is 46.0 Å². The van der Waals surface area contributed by atoms with Gasteiger partial charge in [-0.05, 0) is 6.42 Å². The summed E-state index contributed by atoms with van der Waals surface area (Å²) in [5.74, 6) is 0.162. The first-order chi connectivity index (χ1) is 5.74. The summed E-state index contributed by atoms with van der Waals surface area (Å²) in [6.45, 7) is 3.94. The average molecular weight is 167 g/mol. The van der Waals surface area contributed by atoms with Gasteiger partial charge in [-0.25, -0.2) is 0 Å². The monoisotopic (exact) mass is 167 g/mol. The number of unbranched alkanes of at least 4 members (excludes halogenated alkanes) is 1. The second-order valence-corrected chi connectivity index (χ2v) is 3.06. The number of hydrogen-bond donors (Lipinski definition) is 0. The Kier molecular flexibility index (Phi) is 6.37. The lowest BCUT2D eigenvalue weighted by molar-refractivity contribution is -0.119. The molecule has 0 aliphatic carbocycles. The van der Waals surface area contributed by atoms with Crippen LogP contribution >= 0.6 is 0 Å².